The maximum atomic E-state index is 13.0. The molecule has 0 aliphatic rings. The van der Waals surface area contributed by atoms with E-state index in [2.05, 4.69) is 17.6 Å². The van der Waals surface area contributed by atoms with Crippen molar-refractivity contribution < 1.29 is 38.9 Å². The lowest BCUT2D eigenvalue weighted by Crippen LogP contribution is -2.30. The second-order valence-corrected chi connectivity index (χ2v) is 12.1. The molecule has 4 unspecified atom stereocenters. The first-order valence-electron chi connectivity index (χ1n) is 16.6. The Morgan fingerprint density at radius 3 is 1.63 bits per heavy atom. The highest BCUT2D eigenvalue weighted by Gasteiger charge is 2.28. The van der Waals surface area contributed by atoms with Crippen LogP contribution in [0.2, 0.25) is 0 Å². The predicted molar refractivity (Wildman–Crippen MR) is 179 cm³/mol. The third kappa shape index (κ3) is 13.1. The zero-order valence-corrected chi connectivity index (χ0v) is 28.0. The molecule has 4 atom stereocenters. The van der Waals surface area contributed by atoms with E-state index in [1.54, 1.807) is 36.4 Å². The van der Waals surface area contributed by atoms with Gasteiger partial charge in [-0.25, -0.2) is 0 Å². The Morgan fingerprint density at radius 2 is 1.11 bits per heavy atom. The Kier molecular flexibility index (Phi) is 16.7. The van der Waals surface area contributed by atoms with Crippen molar-refractivity contribution in [2.45, 2.75) is 98.8 Å². The predicted octanol–water partition coefficient (Wildman–Crippen LogP) is 8.37. The highest BCUT2D eigenvalue weighted by molar-refractivity contribution is 5.98. The zero-order chi connectivity index (χ0) is 34.1. The number of carbonyl (C=O) groups excluding carboxylic acids is 2. The van der Waals surface area contributed by atoms with E-state index in [0.29, 0.717) is 18.0 Å². The van der Waals surface area contributed by atoms with Crippen LogP contribution in [0.25, 0.3) is 0 Å². The standard InChI is InChI=1S/C36H52N2O8/c1-6-7-8-9-10-11-12-13-14-15-22-45-29-17-19-30(20-18-29)46-32-21-16-28(37-33(39)24(2)26(4)35(41)42)23-31(32)38-34(40)25(3)27(5)36(43)44/h16-21,23-27H,6-15,22H2,1-5H3,(H,37,39)(H,38,40)(H,41,42)(H,43,44). The Morgan fingerprint density at radius 1 is 0.630 bits per heavy atom. The first-order chi connectivity index (χ1) is 21.9. The molecule has 0 heterocycles. The summed E-state index contributed by atoms with van der Waals surface area (Å²) in [7, 11) is 0. The minimum atomic E-state index is -1.10. The largest absolute Gasteiger partial charge is 0.494 e. The van der Waals surface area contributed by atoms with Crippen molar-refractivity contribution in [3.05, 3.63) is 42.5 Å². The van der Waals surface area contributed by atoms with E-state index in [9.17, 15) is 29.4 Å². The average Bonchev–Trinajstić information content (AvgIpc) is 3.03. The van der Waals surface area contributed by atoms with Crippen LogP contribution in [-0.4, -0.2) is 40.6 Å². The van der Waals surface area contributed by atoms with Gasteiger partial charge < -0.3 is 30.3 Å². The summed E-state index contributed by atoms with van der Waals surface area (Å²) in [4.78, 5) is 48.4. The number of aliphatic carboxylic acids is 2. The molecular weight excluding hydrogens is 588 g/mol. The topological polar surface area (TPSA) is 151 Å². The highest BCUT2D eigenvalue weighted by Crippen LogP contribution is 2.34. The molecule has 4 N–H and O–H groups in total. The molecule has 2 aromatic carbocycles. The van der Waals surface area contributed by atoms with Gasteiger partial charge in [0, 0.05) is 17.5 Å². The van der Waals surface area contributed by atoms with E-state index >= 15 is 0 Å². The van der Waals surface area contributed by atoms with Gasteiger partial charge in [-0.05, 0) is 48.9 Å². The zero-order valence-electron chi connectivity index (χ0n) is 28.0. The fraction of sp³-hybridized carbons (Fsp3) is 0.556. The normalized spacial score (nSPS) is 13.6. The maximum Gasteiger partial charge on any atom is 0.307 e. The molecule has 2 amide bonds. The number of hydrogen-bond donors (Lipinski definition) is 4. The maximum absolute atomic E-state index is 13.0. The summed E-state index contributed by atoms with van der Waals surface area (Å²) >= 11 is 0. The van der Waals surface area contributed by atoms with Gasteiger partial charge in [0.1, 0.15) is 11.5 Å². The number of unbranched alkanes of at least 4 members (excludes halogenated alkanes) is 9. The van der Waals surface area contributed by atoms with Crippen molar-refractivity contribution in [2.75, 3.05) is 17.2 Å². The molecule has 2 rings (SSSR count). The van der Waals surface area contributed by atoms with E-state index in [4.69, 9.17) is 9.47 Å². The minimum absolute atomic E-state index is 0.215. The summed E-state index contributed by atoms with van der Waals surface area (Å²) in [5.41, 5.74) is 0.527. The van der Waals surface area contributed by atoms with Crippen LogP contribution in [-0.2, 0) is 19.2 Å². The van der Waals surface area contributed by atoms with Gasteiger partial charge in [-0.3, -0.25) is 19.2 Å². The summed E-state index contributed by atoms with van der Waals surface area (Å²) in [6, 6.07) is 11.7. The summed E-state index contributed by atoms with van der Waals surface area (Å²) < 4.78 is 12.0. The van der Waals surface area contributed by atoms with Crippen LogP contribution in [0.3, 0.4) is 0 Å². The van der Waals surface area contributed by atoms with E-state index in [1.807, 2.05) is 0 Å². The lowest BCUT2D eigenvalue weighted by Gasteiger charge is -2.20. The number of ether oxygens (including phenoxy) is 2. The molecule has 46 heavy (non-hydrogen) atoms. The van der Waals surface area contributed by atoms with Gasteiger partial charge in [0.15, 0.2) is 5.75 Å². The Labute approximate surface area is 273 Å². The van der Waals surface area contributed by atoms with Gasteiger partial charge in [0.05, 0.1) is 24.1 Å². The number of benzene rings is 2. The fourth-order valence-corrected chi connectivity index (χ4v) is 4.69. The van der Waals surface area contributed by atoms with Crippen LogP contribution in [0.4, 0.5) is 11.4 Å². The number of amides is 2. The van der Waals surface area contributed by atoms with Crippen molar-refractivity contribution in [1.82, 2.24) is 0 Å². The number of carboxylic acids is 2. The second-order valence-electron chi connectivity index (χ2n) is 12.1. The molecule has 2 aromatic rings. The first kappa shape index (κ1) is 38.1. The molecule has 0 radical (unpaired) electrons. The lowest BCUT2D eigenvalue weighted by atomic mass is 9.95. The smallest absolute Gasteiger partial charge is 0.307 e. The van der Waals surface area contributed by atoms with Crippen molar-refractivity contribution in [1.29, 1.82) is 0 Å². The van der Waals surface area contributed by atoms with E-state index in [-0.39, 0.29) is 11.4 Å². The van der Waals surface area contributed by atoms with Crippen molar-refractivity contribution in [3.63, 3.8) is 0 Å². The summed E-state index contributed by atoms with van der Waals surface area (Å²) in [5.74, 6) is -5.25. The molecule has 254 valence electrons. The Bertz CT molecular complexity index is 1260. The summed E-state index contributed by atoms with van der Waals surface area (Å²) in [5, 5.41) is 24.0. The molecule has 0 aromatic heterocycles. The molecule has 10 heteroatoms. The Balaban J connectivity index is 2.02. The Hall–Kier alpha value is -4.08. The molecule has 0 aliphatic heterocycles. The summed E-state index contributed by atoms with van der Waals surface area (Å²) in [6.45, 7) is 8.81. The number of rotatable bonds is 22. The van der Waals surface area contributed by atoms with Crippen LogP contribution >= 0.6 is 0 Å². The quantitative estimate of drug-likeness (QED) is 0.0937. The average molecular weight is 641 g/mol. The summed E-state index contributed by atoms with van der Waals surface area (Å²) in [6.07, 6.45) is 12.6. The molecule has 0 saturated carbocycles. The molecule has 10 nitrogen and oxygen atoms in total. The number of hydrogen-bond acceptors (Lipinski definition) is 6. The van der Waals surface area contributed by atoms with Crippen LogP contribution in [0.15, 0.2) is 42.5 Å². The third-order valence-corrected chi connectivity index (χ3v) is 8.43. The van der Waals surface area contributed by atoms with E-state index in [0.717, 1.165) is 18.6 Å². The fourth-order valence-electron chi connectivity index (χ4n) is 4.69. The lowest BCUT2D eigenvalue weighted by molar-refractivity contribution is -0.145. The number of nitrogens with one attached hydrogen (secondary N) is 2. The number of carbonyl (C=O) groups is 4. The van der Waals surface area contributed by atoms with E-state index in [1.165, 1.54) is 85.1 Å². The molecule has 0 bridgehead atoms. The van der Waals surface area contributed by atoms with Crippen LogP contribution in [0, 0.1) is 23.7 Å². The molecule has 0 aliphatic carbocycles. The number of carboxylic acid groups (broad SMARTS) is 2. The van der Waals surface area contributed by atoms with Gasteiger partial charge >= 0.3 is 11.9 Å². The van der Waals surface area contributed by atoms with Crippen LogP contribution < -0.4 is 20.1 Å². The molecule has 0 spiro atoms. The van der Waals surface area contributed by atoms with Gasteiger partial charge in [0.25, 0.3) is 0 Å². The van der Waals surface area contributed by atoms with Gasteiger partial charge in [-0.2, -0.15) is 0 Å². The monoisotopic (exact) mass is 640 g/mol. The van der Waals surface area contributed by atoms with Gasteiger partial charge in [-0.15, -0.1) is 0 Å². The SMILES string of the molecule is CCCCCCCCCCCCOc1ccc(Oc2ccc(NC(=O)C(C)C(C)C(=O)O)cc2NC(=O)C(C)C(C)C(=O)O)cc1. The van der Waals surface area contributed by atoms with Gasteiger partial charge in [0.2, 0.25) is 11.8 Å². The van der Waals surface area contributed by atoms with Crippen LogP contribution in [0.5, 0.6) is 17.2 Å². The van der Waals surface area contributed by atoms with Crippen molar-refractivity contribution >= 4 is 35.1 Å². The van der Waals surface area contributed by atoms with Gasteiger partial charge in [-0.1, -0.05) is 92.4 Å². The van der Waals surface area contributed by atoms with Crippen LogP contribution in [0.1, 0.15) is 98.8 Å². The first-order valence-corrected chi connectivity index (χ1v) is 16.6. The third-order valence-electron chi connectivity index (χ3n) is 8.43. The number of anilines is 2. The highest BCUT2D eigenvalue weighted by atomic mass is 16.5. The second kappa shape index (κ2) is 20.1. The minimum Gasteiger partial charge on any atom is -0.494 e. The van der Waals surface area contributed by atoms with E-state index < -0.39 is 47.4 Å². The van der Waals surface area contributed by atoms with Crippen molar-refractivity contribution in [3.8, 4) is 17.2 Å². The molecule has 0 saturated heterocycles. The molecule has 0 fully saturated rings. The van der Waals surface area contributed by atoms with Crippen molar-refractivity contribution in [2.24, 2.45) is 23.7 Å². The molecular formula is C36H52N2O8.